The molecule has 1 aliphatic heterocycles. The van der Waals surface area contributed by atoms with E-state index in [1.807, 2.05) is 24.3 Å². The standard InChI is InChI=1S/C28H40NO5/c1-7-8-9-10-11-12-13-16-19-29(2)21-18-15-14-17-20(21)24(30)22-23(29)26(32-4)28(34-6)27(33-5)25(22)31-3/h14-15,17-18H,7-13,16,19H2,1-6H3/q+1. The molecule has 0 spiro atoms. The summed E-state index contributed by atoms with van der Waals surface area (Å²) < 4.78 is 23.4. The van der Waals surface area contributed by atoms with Gasteiger partial charge in [-0.1, -0.05) is 57.6 Å². The van der Waals surface area contributed by atoms with Crippen molar-refractivity contribution in [2.24, 2.45) is 0 Å². The van der Waals surface area contributed by atoms with Crippen LogP contribution in [0.2, 0.25) is 0 Å². The summed E-state index contributed by atoms with van der Waals surface area (Å²) in [5.74, 6) is 1.61. The first-order chi connectivity index (χ1) is 16.5. The molecule has 2 aromatic carbocycles. The molecule has 6 heteroatoms. The van der Waals surface area contributed by atoms with E-state index in [1.165, 1.54) is 38.5 Å². The number of carbonyl (C=O) groups is 1. The number of unbranched alkanes of at least 4 members (excludes halogenated alkanes) is 7. The van der Waals surface area contributed by atoms with Crippen LogP contribution in [0.25, 0.3) is 0 Å². The maximum Gasteiger partial charge on any atom is 0.228 e. The summed E-state index contributed by atoms with van der Waals surface area (Å²) >= 11 is 0. The highest BCUT2D eigenvalue weighted by atomic mass is 16.5. The van der Waals surface area contributed by atoms with E-state index in [4.69, 9.17) is 18.9 Å². The fraction of sp³-hybridized carbons (Fsp3) is 0.536. The zero-order chi connectivity index (χ0) is 24.7. The van der Waals surface area contributed by atoms with E-state index in [0.717, 1.165) is 30.8 Å². The van der Waals surface area contributed by atoms with E-state index in [-0.39, 0.29) is 5.78 Å². The number of fused-ring (bicyclic) bond motifs is 2. The number of ketones is 1. The molecule has 1 heterocycles. The van der Waals surface area contributed by atoms with E-state index < -0.39 is 0 Å². The Hall–Kier alpha value is -2.73. The van der Waals surface area contributed by atoms with Crippen molar-refractivity contribution in [1.82, 2.24) is 4.48 Å². The molecule has 1 atom stereocenters. The summed E-state index contributed by atoms with van der Waals surface area (Å²) in [5.41, 5.74) is 2.90. The third-order valence-corrected chi connectivity index (χ3v) is 6.97. The molecular weight excluding hydrogens is 430 g/mol. The molecule has 34 heavy (non-hydrogen) atoms. The van der Waals surface area contributed by atoms with E-state index >= 15 is 0 Å². The molecule has 0 aromatic heterocycles. The number of para-hydroxylation sites is 1. The quantitative estimate of drug-likeness (QED) is 0.242. The molecule has 0 N–H and O–H groups in total. The van der Waals surface area contributed by atoms with Gasteiger partial charge in [0.15, 0.2) is 11.4 Å². The van der Waals surface area contributed by atoms with Crippen molar-refractivity contribution >= 4 is 17.2 Å². The molecule has 0 bridgehead atoms. The molecule has 0 amide bonds. The van der Waals surface area contributed by atoms with Crippen LogP contribution in [-0.4, -0.2) is 47.8 Å². The third-order valence-electron chi connectivity index (χ3n) is 6.97. The topological polar surface area (TPSA) is 54.0 Å². The summed E-state index contributed by atoms with van der Waals surface area (Å²) in [6.45, 7) is 3.08. The Kier molecular flexibility index (Phi) is 8.84. The molecule has 0 aliphatic carbocycles. The maximum atomic E-state index is 13.8. The van der Waals surface area contributed by atoms with Gasteiger partial charge in [-0.3, -0.25) is 9.28 Å². The average Bonchev–Trinajstić information content (AvgIpc) is 2.87. The Morgan fingerprint density at radius 3 is 1.82 bits per heavy atom. The van der Waals surface area contributed by atoms with E-state index in [2.05, 4.69) is 14.0 Å². The van der Waals surface area contributed by atoms with E-state index in [1.54, 1.807) is 28.4 Å². The number of methoxy groups -OCH3 is 4. The molecule has 2 aromatic rings. The molecule has 0 saturated heterocycles. The van der Waals surface area contributed by atoms with Crippen molar-refractivity contribution in [1.29, 1.82) is 0 Å². The first-order valence-electron chi connectivity index (χ1n) is 12.4. The largest absolute Gasteiger partial charge is 0.492 e. The summed E-state index contributed by atoms with van der Waals surface area (Å²) in [6, 6.07) is 7.84. The molecule has 1 aliphatic rings. The Balaban J connectivity index is 2.06. The van der Waals surface area contributed by atoms with Gasteiger partial charge < -0.3 is 18.9 Å². The van der Waals surface area contributed by atoms with Crippen LogP contribution in [-0.2, 0) is 0 Å². The van der Waals surface area contributed by atoms with Crippen LogP contribution in [0.3, 0.4) is 0 Å². The minimum absolute atomic E-state index is 0.0896. The number of rotatable bonds is 13. The van der Waals surface area contributed by atoms with Crippen LogP contribution >= 0.6 is 0 Å². The van der Waals surface area contributed by atoms with Gasteiger partial charge in [-0.2, -0.15) is 0 Å². The zero-order valence-electron chi connectivity index (χ0n) is 21.7. The number of quaternary nitrogens is 1. The van der Waals surface area contributed by atoms with Gasteiger partial charge in [0.1, 0.15) is 11.3 Å². The third kappa shape index (κ3) is 4.61. The van der Waals surface area contributed by atoms with Crippen molar-refractivity contribution in [2.75, 3.05) is 42.0 Å². The van der Waals surface area contributed by atoms with Crippen LogP contribution < -0.4 is 23.4 Å². The number of benzene rings is 2. The number of nitrogens with zero attached hydrogens (tertiary/aromatic N) is 1. The average molecular weight is 471 g/mol. The van der Waals surface area contributed by atoms with Crippen molar-refractivity contribution in [3.63, 3.8) is 0 Å². The van der Waals surface area contributed by atoms with Gasteiger partial charge in [-0.25, -0.2) is 0 Å². The highest BCUT2D eigenvalue weighted by Gasteiger charge is 2.48. The number of carbonyl (C=O) groups excluding carboxylic acids is 1. The summed E-state index contributed by atoms with van der Waals surface area (Å²) in [7, 11) is 8.44. The van der Waals surface area contributed by atoms with E-state index in [0.29, 0.717) is 38.6 Å². The molecule has 0 radical (unpaired) electrons. The monoisotopic (exact) mass is 470 g/mol. The molecule has 0 saturated carbocycles. The second-order valence-electron chi connectivity index (χ2n) is 9.09. The minimum Gasteiger partial charge on any atom is -0.492 e. The van der Waals surface area contributed by atoms with Crippen LogP contribution in [0.15, 0.2) is 24.3 Å². The molecule has 6 nitrogen and oxygen atoms in total. The number of hydrogen-bond acceptors (Lipinski definition) is 5. The van der Waals surface area contributed by atoms with Gasteiger partial charge in [-0.15, -0.1) is 0 Å². The second kappa shape index (κ2) is 11.6. The zero-order valence-corrected chi connectivity index (χ0v) is 21.7. The fourth-order valence-electron chi connectivity index (χ4n) is 5.23. The fourth-order valence-corrected chi connectivity index (χ4v) is 5.23. The summed E-state index contributed by atoms with van der Waals surface area (Å²) in [4.78, 5) is 13.8. The lowest BCUT2D eigenvalue weighted by Gasteiger charge is -2.40. The van der Waals surface area contributed by atoms with Gasteiger partial charge in [-0.05, 0) is 18.9 Å². The Labute approximate surface area is 204 Å². The Bertz CT molecular complexity index is 1000. The predicted octanol–water partition coefficient (Wildman–Crippen LogP) is 6.67. The molecule has 186 valence electrons. The van der Waals surface area contributed by atoms with Gasteiger partial charge in [0.25, 0.3) is 0 Å². The van der Waals surface area contributed by atoms with Crippen LogP contribution in [0.5, 0.6) is 23.0 Å². The van der Waals surface area contributed by atoms with Gasteiger partial charge in [0, 0.05) is 6.07 Å². The summed E-state index contributed by atoms with van der Waals surface area (Å²) in [5, 5.41) is 0. The first kappa shape index (κ1) is 25.9. The molecule has 0 fully saturated rings. The predicted molar refractivity (Wildman–Crippen MR) is 137 cm³/mol. The minimum atomic E-state index is -0.0896. The van der Waals surface area contributed by atoms with Crippen molar-refractivity contribution < 1.29 is 23.7 Å². The SMILES string of the molecule is CCCCCCCCCC[N+]1(C)c2ccccc2C(=O)c2c(OC)c(OC)c(OC)c(OC)c21. The van der Waals surface area contributed by atoms with Crippen molar-refractivity contribution in [3.8, 4) is 23.0 Å². The van der Waals surface area contributed by atoms with Gasteiger partial charge in [0.05, 0.1) is 47.6 Å². The van der Waals surface area contributed by atoms with Crippen molar-refractivity contribution in [3.05, 3.63) is 35.4 Å². The highest BCUT2D eigenvalue weighted by molar-refractivity contribution is 6.21. The smallest absolute Gasteiger partial charge is 0.228 e. The van der Waals surface area contributed by atoms with Crippen LogP contribution in [0.1, 0.15) is 74.2 Å². The highest BCUT2D eigenvalue weighted by Crippen LogP contribution is 2.59. The number of hydrogen-bond donors (Lipinski definition) is 0. The lowest BCUT2D eigenvalue weighted by atomic mass is 9.89. The molecule has 1 unspecified atom stereocenters. The lowest BCUT2D eigenvalue weighted by Crippen LogP contribution is -2.45. The normalized spacial score (nSPS) is 16.6. The maximum absolute atomic E-state index is 13.8. The second-order valence-corrected chi connectivity index (χ2v) is 9.09. The first-order valence-corrected chi connectivity index (χ1v) is 12.4. The van der Waals surface area contributed by atoms with Gasteiger partial charge >= 0.3 is 0 Å². The molecule has 3 rings (SSSR count). The van der Waals surface area contributed by atoms with Crippen LogP contribution in [0, 0.1) is 0 Å². The van der Waals surface area contributed by atoms with Gasteiger partial charge in [0.2, 0.25) is 23.0 Å². The van der Waals surface area contributed by atoms with Crippen molar-refractivity contribution in [2.45, 2.75) is 58.3 Å². The number of ether oxygens (including phenoxy) is 4. The lowest BCUT2D eigenvalue weighted by molar-refractivity contribution is 0.102. The summed E-state index contributed by atoms with van der Waals surface area (Å²) in [6.07, 6.45) is 9.91. The molecular formula is C28H40NO5+. The Morgan fingerprint density at radius 1 is 0.706 bits per heavy atom. The Morgan fingerprint density at radius 2 is 1.24 bits per heavy atom. The van der Waals surface area contributed by atoms with Crippen LogP contribution in [0.4, 0.5) is 11.4 Å². The van der Waals surface area contributed by atoms with E-state index in [9.17, 15) is 4.79 Å².